The molecule has 136 valence electrons. The third-order valence-corrected chi connectivity index (χ3v) is 10.3. The lowest BCUT2D eigenvalue weighted by Gasteiger charge is -2.33. The molecule has 1 heterocycles. The van der Waals surface area contributed by atoms with Gasteiger partial charge in [0.05, 0.1) is 11.5 Å². The molecule has 0 spiro atoms. The Morgan fingerprint density at radius 1 is 0.704 bits per heavy atom. The van der Waals surface area contributed by atoms with Gasteiger partial charge in [0.2, 0.25) is 0 Å². The van der Waals surface area contributed by atoms with E-state index in [0.717, 1.165) is 0 Å². The molecule has 0 saturated heterocycles. The van der Waals surface area contributed by atoms with Crippen LogP contribution in [0.5, 0.6) is 0 Å². The molecule has 0 fully saturated rings. The number of hydrazone groups is 1. The van der Waals surface area contributed by atoms with Crippen molar-refractivity contribution >= 4 is 28.6 Å². The normalized spacial score (nSPS) is 18.6. The van der Waals surface area contributed by atoms with Gasteiger partial charge >= 0.3 is 0 Å². The van der Waals surface area contributed by atoms with Gasteiger partial charge in [-0.2, -0.15) is 0 Å². The molecule has 1 atom stereocenters. The van der Waals surface area contributed by atoms with Crippen molar-refractivity contribution in [3.05, 3.63) is 91.0 Å². The number of benzene rings is 3. The van der Waals surface area contributed by atoms with Crippen molar-refractivity contribution in [3.63, 3.8) is 0 Å². The van der Waals surface area contributed by atoms with E-state index in [2.05, 4.69) is 117 Å². The number of nitrogens with one attached hydrogen (secondary N) is 1. The number of hydrogen-bond acceptors (Lipinski definition) is 2. The lowest BCUT2D eigenvalue weighted by molar-refractivity contribution is 0.405. The van der Waals surface area contributed by atoms with Crippen LogP contribution in [-0.2, 0) is 0 Å². The van der Waals surface area contributed by atoms with Gasteiger partial charge in [-0.15, -0.1) is 5.10 Å². The molecule has 3 aromatic rings. The first kappa shape index (κ1) is 17.9. The molecule has 3 aromatic carbocycles. The zero-order valence-electron chi connectivity index (χ0n) is 16.1. The summed E-state index contributed by atoms with van der Waals surface area (Å²) < 4.78 is 0. The highest BCUT2D eigenvalue weighted by Gasteiger charge is 2.59. The number of hydrogen-bond donors (Lipinski definition) is 1. The average Bonchev–Trinajstić information content (AvgIpc) is 2.99. The fraction of sp³-hybridized carbons (Fsp3) is 0.208. The smallest absolute Gasteiger partial charge is 0.199 e. The largest absolute Gasteiger partial charge is 0.303 e. The van der Waals surface area contributed by atoms with Crippen LogP contribution in [0.25, 0.3) is 0 Å². The molecule has 1 N–H and O–H groups in total. The molecule has 0 saturated carbocycles. The Balaban J connectivity index is 2.11. The van der Waals surface area contributed by atoms with E-state index >= 15 is 0 Å². The van der Waals surface area contributed by atoms with E-state index in [4.69, 9.17) is 5.10 Å². The van der Waals surface area contributed by atoms with Crippen molar-refractivity contribution in [1.82, 2.24) is 5.43 Å². The Morgan fingerprint density at radius 2 is 1.07 bits per heavy atom. The van der Waals surface area contributed by atoms with Crippen molar-refractivity contribution in [2.45, 2.75) is 26.8 Å². The summed E-state index contributed by atoms with van der Waals surface area (Å²) >= 11 is 0. The molecule has 0 bridgehead atoms. The van der Waals surface area contributed by atoms with Crippen LogP contribution in [0.3, 0.4) is 0 Å². The van der Waals surface area contributed by atoms with E-state index in [1.54, 1.807) is 0 Å². The molecule has 3 heteroatoms. The second-order valence-corrected chi connectivity index (χ2v) is 11.0. The standard InChI is InChI=1S/C24H26N2P/c1-19-24(2,3)23(26-25-19)27(20-13-7-4-8-14-20,21-15-9-5-10-16-21)22-17-11-6-12-18-22/h4-19,25H,1-3H3/q+1/t19-/m1/s1. The zero-order valence-corrected chi connectivity index (χ0v) is 17.0. The summed E-state index contributed by atoms with van der Waals surface area (Å²) in [6.45, 7) is 6.87. The molecular weight excluding hydrogens is 347 g/mol. The molecule has 0 aromatic heterocycles. The van der Waals surface area contributed by atoms with Gasteiger partial charge in [0.1, 0.15) is 15.9 Å². The fourth-order valence-corrected chi connectivity index (χ4v) is 8.69. The molecule has 4 rings (SSSR count). The maximum atomic E-state index is 4.99. The summed E-state index contributed by atoms with van der Waals surface area (Å²) in [6, 6.07) is 33.1. The van der Waals surface area contributed by atoms with Gasteiger partial charge in [-0.05, 0) is 57.2 Å². The molecule has 27 heavy (non-hydrogen) atoms. The number of nitrogens with zero attached hydrogens (tertiary/aromatic N) is 1. The second kappa shape index (κ2) is 6.94. The van der Waals surface area contributed by atoms with Crippen LogP contribution in [0.15, 0.2) is 96.1 Å². The third kappa shape index (κ3) is 2.80. The Hall–Kier alpha value is -2.44. The maximum absolute atomic E-state index is 4.99. The summed E-state index contributed by atoms with van der Waals surface area (Å²) in [5, 5.41) is 9.04. The van der Waals surface area contributed by atoms with Crippen LogP contribution < -0.4 is 21.3 Å². The van der Waals surface area contributed by atoms with E-state index < -0.39 is 7.26 Å². The Labute approximate surface area is 162 Å². The molecule has 2 nitrogen and oxygen atoms in total. The predicted octanol–water partition coefficient (Wildman–Crippen LogP) is 4.31. The van der Waals surface area contributed by atoms with Gasteiger partial charge in [-0.25, -0.2) is 0 Å². The van der Waals surface area contributed by atoms with Crippen molar-refractivity contribution in [3.8, 4) is 0 Å². The quantitative estimate of drug-likeness (QED) is 0.677. The number of rotatable bonds is 4. The van der Waals surface area contributed by atoms with Gasteiger partial charge in [-0.3, -0.25) is 0 Å². The van der Waals surface area contributed by atoms with Crippen LogP contribution in [0.2, 0.25) is 0 Å². The SMILES string of the molecule is C[C@H]1NN=C([P+](c2ccccc2)(c2ccccc2)c2ccccc2)C1(C)C. The van der Waals surface area contributed by atoms with Crippen molar-refractivity contribution in [2.75, 3.05) is 0 Å². The van der Waals surface area contributed by atoms with E-state index in [9.17, 15) is 0 Å². The van der Waals surface area contributed by atoms with Gasteiger partial charge in [0.25, 0.3) is 0 Å². The van der Waals surface area contributed by atoms with E-state index in [0.29, 0.717) is 6.04 Å². The first-order valence-corrected chi connectivity index (χ1v) is 11.3. The zero-order chi connectivity index (χ0) is 18.9. The minimum atomic E-state index is -2.07. The minimum absolute atomic E-state index is 0.0463. The minimum Gasteiger partial charge on any atom is -0.303 e. The Kier molecular flexibility index (Phi) is 4.61. The lowest BCUT2D eigenvalue weighted by atomic mass is 9.88. The first-order valence-electron chi connectivity index (χ1n) is 9.48. The van der Waals surface area contributed by atoms with Crippen molar-refractivity contribution in [1.29, 1.82) is 0 Å². The van der Waals surface area contributed by atoms with Crippen LogP contribution in [0.4, 0.5) is 0 Å². The molecule has 1 aliphatic rings. The van der Waals surface area contributed by atoms with Gasteiger partial charge < -0.3 is 5.43 Å². The fourth-order valence-electron chi connectivity index (χ4n) is 3.93. The highest BCUT2D eigenvalue weighted by Crippen LogP contribution is 2.62. The highest BCUT2D eigenvalue weighted by molar-refractivity contribution is 8.08. The van der Waals surface area contributed by atoms with Crippen LogP contribution >= 0.6 is 7.26 Å². The molecule has 0 aliphatic carbocycles. The molecule has 0 unspecified atom stereocenters. The summed E-state index contributed by atoms with van der Waals surface area (Å²) in [5.74, 6) is 0. The van der Waals surface area contributed by atoms with Crippen LogP contribution in [-0.4, -0.2) is 11.5 Å². The lowest BCUT2D eigenvalue weighted by Crippen LogP contribution is -2.44. The van der Waals surface area contributed by atoms with E-state index in [1.165, 1.54) is 21.4 Å². The van der Waals surface area contributed by atoms with E-state index in [1.807, 2.05) is 0 Å². The summed E-state index contributed by atoms with van der Waals surface area (Å²) in [4.78, 5) is 0. The Bertz CT molecular complexity index is 837. The highest BCUT2D eigenvalue weighted by atomic mass is 31.2. The topological polar surface area (TPSA) is 24.4 Å². The summed E-state index contributed by atoms with van der Waals surface area (Å²) in [5.41, 5.74) is 4.61. The average molecular weight is 373 g/mol. The third-order valence-electron chi connectivity index (χ3n) is 5.77. The van der Waals surface area contributed by atoms with Gasteiger partial charge in [0.15, 0.2) is 12.7 Å². The van der Waals surface area contributed by atoms with Gasteiger partial charge in [-0.1, -0.05) is 54.6 Å². The second-order valence-electron chi connectivity index (χ2n) is 7.69. The summed E-state index contributed by atoms with van der Waals surface area (Å²) in [6.07, 6.45) is 0. The monoisotopic (exact) mass is 373 g/mol. The molecule has 1 aliphatic heterocycles. The maximum Gasteiger partial charge on any atom is 0.199 e. The molecule has 0 amide bonds. The van der Waals surface area contributed by atoms with Crippen molar-refractivity contribution in [2.24, 2.45) is 10.5 Å². The first-order chi connectivity index (χ1) is 13.1. The van der Waals surface area contributed by atoms with Crippen LogP contribution in [0.1, 0.15) is 20.8 Å². The predicted molar refractivity (Wildman–Crippen MR) is 119 cm³/mol. The molecule has 0 radical (unpaired) electrons. The Morgan fingerprint density at radius 3 is 1.37 bits per heavy atom. The van der Waals surface area contributed by atoms with Crippen molar-refractivity contribution < 1.29 is 0 Å². The van der Waals surface area contributed by atoms with Crippen LogP contribution in [0, 0.1) is 5.41 Å². The molecular formula is C24H26N2P+. The summed E-state index contributed by atoms with van der Waals surface area (Å²) in [7, 11) is -2.07. The van der Waals surface area contributed by atoms with Gasteiger partial charge in [0, 0.05) is 0 Å². The van der Waals surface area contributed by atoms with E-state index in [-0.39, 0.29) is 5.41 Å².